The molecule has 1 aromatic carbocycles. The van der Waals surface area contributed by atoms with E-state index in [0.717, 1.165) is 0 Å². The minimum atomic E-state index is -0.949. The van der Waals surface area contributed by atoms with Crippen LogP contribution in [0.15, 0.2) is 41.3 Å². The van der Waals surface area contributed by atoms with E-state index in [1.165, 1.54) is 22.9 Å². The summed E-state index contributed by atoms with van der Waals surface area (Å²) in [5, 5.41) is 13.0. The first kappa shape index (κ1) is 18.3. The summed E-state index contributed by atoms with van der Waals surface area (Å²) in [4.78, 5) is 23.4. The third-order valence-corrected chi connectivity index (χ3v) is 4.01. The predicted molar refractivity (Wildman–Crippen MR) is 92.0 cm³/mol. The number of rotatable bonds is 6. The van der Waals surface area contributed by atoms with Crippen LogP contribution in [0.1, 0.15) is 10.4 Å². The van der Waals surface area contributed by atoms with Crippen molar-refractivity contribution >= 4 is 29.1 Å². The second kappa shape index (κ2) is 8.19. The van der Waals surface area contributed by atoms with Crippen LogP contribution >= 0.6 is 23.2 Å². The summed E-state index contributed by atoms with van der Waals surface area (Å²) in [6, 6.07) is 7.67. The van der Waals surface area contributed by atoms with Crippen LogP contribution in [0.4, 0.5) is 0 Å². The average molecular weight is 371 g/mol. The number of amides is 1. The number of hydrogen-bond acceptors (Lipinski definition) is 4. The summed E-state index contributed by atoms with van der Waals surface area (Å²) < 4.78 is 6.74. The van der Waals surface area contributed by atoms with Crippen molar-refractivity contribution in [2.24, 2.45) is 7.05 Å². The van der Waals surface area contributed by atoms with Gasteiger partial charge in [-0.05, 0) is 18.2 Å². The van der Waals surface area contributed by atoms with Gasteiger partial charge in [0, 0.05) is 31.4 Å². The van der Waals surface area contributed by atoms with Gasteiger partial charge in [-0.25, -0.2) is 0 Å². The molecule has 1 heterocycles. The number of halogens is 2. The van der Waals surface area contributed by atoms with E-state index in [2.05, 4.69) is 5.32 Å². The van der Waals surface area contributed by atoms with Gasteiger partial charge in [-0.3, -0.25) is 9.59 Å². The standard InChI is InChI=1S/C16H16Cl2N2O4/c1-20-6-5-10(7-14(20)22)16(23)19-8-11(21)9-24-13-4-2-3-12(17)15(13)18/h2-7,11,21H,8-9H2,1H3,(H,19,23). The molecular formula is C16H16Cl2N2O4. The van der Waals surface area contributed by atoms with E-state index in [9.17, 15) is 14.7 Å². The fourth-order valence-electron chi connectivity index (χ4n) is 1.84. The number of pyridine rings is 1. The van der Waals surface area contributed by atoms with Crippen molar-refractivity contribution in [3.8, 4) is 5.75 Å². The highest BCUT2D eigenvalue weighted by atomic mass is 35.5. The van der Waals surface area contributed by atoms with Gasteiger partial charge in [-0.15, -0.1) is 0 Å². The van der Waals surface area contributed by atoms with Gasteiger partial charge < -0.3 is 19.7 Å². The minimum absolute atomic E-state index is 0.0355. The molecule has 2 rings (SSSR count). The number of ether oxygens (including phenoxy) is 1. The van der Waals surface area contributed by atoms with E-state index in [1.807, 2.05) is 0 Å². The topological polar surface area (TPSA) is 80.6 Å². The normalized spacial score (nSPS) is 11.8. The maximum atomic E-state index is 11.9. The first-order valence-corrected chi connectivity index (χ1v) is 7.84. The minimum Gasteiger partial charge on any atom is -0.489 e. The molecule has 0 radical (unpaired) electrons. The number of carbonyl (C=O) groups is 1. The van der Waals surface area contributed by atoms with E-state index in [1.54, 1.807) is 25.2 Å². The summed E-state index contributed by atoms with van der Waals surface area (Å²) in [5.41, 5.74) is -0.0637. The molecular weight excluding hydrogens is 355 g/mol. The van der Waals surface area contributed by atoms with Gasteiger partial charge in [0.15, 0.2) is 0 Å². The van der Waals surface area contributed by atoms with Crippen molar-refractivity contribution in [2.75, 3.05) is 13.2 Å². The molecule has 0 saturated heterocycles. The van der Waals surface area contributed by atoms with Gasteiger partial charge in [0.1, 0.15) is 23.5 Å². The smallest absolute Gasteiger partial charge is 0.251 e. The summed E-state index contributed by atoms with van der Waals surface area (Å²) in [7, 11) is 1.59. The molecule has 24 heavy (non-hydrogen) atoms. The molecule has 0 fully saturated rings. The molecule has 0 spiro atoms. The van der Waals surface area contributed by atoms with Crippen LogP contribution in [0, 0.1) is 0 Å². The number of aliphatic hydroxyl groups is 1. The van der Waals surface area contributed by atoms with Crippen LogP contribution < -0.4 is 15.6 Å². The zero-order valence-electron chi connectivity index (χ0n) is 12.8. The predicted octanol–water partition coefficient (Wildman–Crippen LogP) is 1.86. The van der Waals surface area contributed by atoms with Crippen LogP contribution in [-0.2, 0) is 7.05 Å². The number of aryl methyl sites for hydroxylation is 1. The molecule has 2 N–H and O–H groups in total. The summed E-state index contributed by atoms with van der Waals surface area (Å²) in [6.45, 7) is -0.108. The lowest BCUT2D eigenvalue weighted by Crippen LogP contribution is -2.35. The highest BCUT2D eigenvalue weighted by molar-refractivity contribution is 6.42. The van der Waals surface area contributed by atoms with Gasteiger partial charge in [0.05, 0.1) is 5.02 Å². The molecule has 8 heteroatoms. The highest BCUT2D eigenvalue weighted by Crippen LogP contribution is 2.31. The van der Waals surface area contributed by atoms with Crippen molar-refractivity contribution < 1.29 is 14.6 Å². The SMILES string of the molecule is Cn1ccc(C(=O)NCC(O)COc2cccc(Cl)c2Cl)cc1=O. The van der Waals surface area contributed by atoms with Gasteiger partial charge in [-0.2, -0.15) is 0 Å². The van der Waals surface area contributed by atoms with Crippen molar-refractivity contribution in [3.63, 3.8) is 0 Å². The lowest BCUT2D eigenvalue weighted by molar-refractivity contribution is 0.0843. The molecule has 128 valence electrons. The first-order valence-electron chi connectivity index (χ1n) is 7.08. The van der Waals surface area contributed by atoms with E-state index in [4.69, 9.17) is 27.9 Å². The number of aliphatic hydroxyl groups excluding tert-OH is 1. The number of nitrogens with one attached hydrogen (secondary N) is 1. The molecule has 0 aliphatic heterocycles. The Labute approximate surface area is 148 Å². The monoisotopic (exact) mass is 370 g/mol. The van der Waals surface area contributed by atoms with Gasteiger partial charge in [0.25, 0.3) is 11.5 Å². The maximum absolute atomic E-state index is 11.9. The quantitative estimate of drug-likeness (QED) is 0.813. The molecule has 1 aromatic heterocycles. The number of carbonyl (C=O) groups excluding carboxylic acids is 1. The summed E-state index contributed by atoms with van der Waals surface area (Å²) in [6.07, 6.45) is 0.549. The summed E-state index contributed by atoms with van der Waals surface area (Å²) in [5.74, 6) is -0.103. The molecule has 1 amide bonds. The van der Waals surface area contributed by atoms with Crippen molar-refractivity contribution in [3.05, 3.63) is 62.5 Å². The van der Waals surface area contributed by atoms with Crippen LogP contribution in [0.5, 0.6) is 5.75 Å². The lowest BCUT2D eigenvalue weighted by atomic mass is 10.2. The maximum Gasteiger partial charge on any atom is 0.251 e. The van der Waals surface area contributed by atoms with E-state index >= 15 is 0 Å². The second-order valence-corrected chi connectivity index (χ2v) is 5.88. The zero-order valence-corrected chi connectivity index (χ0v) is 14.3. The fraction of sp³-hybridized carbons (Fsp3) is 0.250. The number of aromatic nitrogens is 1. The Morgan fingerprint density at radius 2 is 2.12 bits per heavy atom. The molecule has 0 aliphatic carbocycles. The lowest BCUT2D eigenvalue weighted by Gasteiger charge is -2.14. The van der Waals surface area contributed by atoms with Gasteiger partial charge >= 0.3 is 0 Å². The Balaban J connectivity index is 1.85. The molecule has 0 aliphatic rings. The van der Waals surface area contributed by atoms with Crippen LogP contribution in [0.2, 0.25) is 10.0 Å². The Morgan fingerprint density at radius 1 is 1.38 bits per heavy atom. The Hall–Kier alpha value is -2.02. The number of benzene rings is 1. The largest absolute Gasteiger partial charge is 0.489 e. The third kappa shape index (κ3) is 4.74. The fourth-order valence-corrected chi connectivity index (χ4v) is 2.19. The summed E-state index contributed by atoms with van der Waals surface area (Å²) >= 11 is 11.8. The molecule has 1 unspecified atom stereocenters. The highest BCUT2D eigenvalue weighted by Gasteiger charge is 2.12. The number of hydrogen-bond donors (Lipinski definition) is 2. The molecule has 1 atom stereocenters. The van der Waals surface area contributed by atoms with Crippen molar-refractivity contribution in [2.45, 2.75) is 6.10 Å². The van der Waals surface area contributed by atoms with Crippen LogP contribution in [-0.4, -0.2) is 34.8 Å². The third-order valence-electron chi connectivity index (χ3n) is 3.21. The second-order valence-electron chi connectivity index (χ2n) is 5.09. The van der Waals surface area contributed by atoms with E-state index < -0.39 is 12.0 Å². The van der Waals surface area contributed by atoms with E-state index in [0.29, 0.717) is 10.8 Å². The zero-order chi connectivity index (χ0) is 17.7. The molecule has 6 nitrogen and oxygen atoms in total. The average Bonchev–Trinajstić information content (AvgIpc) is 2.56. The van der Waals surface area contributed by atoms with Crippen molar-refractivity contribution in [1.82, 2.24) is 9.88 Å². The van der Waals surface area contributed by atoms with Gasteiger partial charge in [-0.1, -0.05) is 29.3 Å². The van der Waals surface area contributed by atoms with Crippen LogP contribution in [0.25, 0.3) is 0 Å². The molecule has 0 bridgehead atoms. The van der Waals surface area contributed by atoms with Gasteiger partial charge in [0.2, 0.25) is 0 Å². The molecule has 0 saturated carbocycles. The molecule has 2 aromatic rings. The Bertz CT molecular complexity index is 792. The van der Waals surface area contributed by atoms with Crippen LogP contribution in [0.3, 0.4) is 0 Å². The van der Waals surface area contributed by atoms with E-state index in [-0.39, 0.29) is 29.3 Å². The van der Waals surface area contributed by atoms with Crippen molar-refractivity contribution in [1.29, 1.82) is 0 Å². The first-order chi connectivity index (χ1) is 11.4. The number of nitrogens with zero attached hydrogens (tertiary/aromatic N) is 1. The Morgan fingerprint density at radius 3 is 2.83 bits per heavy atom. The Kier molecular flexibility index (Phi) is 6.25.